The SMILES string of the molecule is Cc1cccc(C(=O)NCC(=O)NNC(=O)CCN2CCN(c3ccccc3)CC2)c1. The number of benzene rings is 2. The van der Waals surface area contributed by atoms with Gasteiger partial charge in [0.05, 0.1) is 6.54 Å². The summed E-state index contributed by atoms with van der Waals surface area (Å²) >= 11 is 0. The summed E-state index contributed by atoms with van der Waals surface area (Å²) in [6.45, 7) is 5.93. The molecule has 1 heterocycles. The van der Waals surface area contributed by atoms with Crippen LogP contribution in [0.2, 0.25) is 0 Å². The number of nitrogens with zero attached hydrogens (tertiary/aromatic N) is 2. The average Bonchev–Trinajstić information content (AvgIpc) is 2.80. The number of hydrogen-bond donors (Lipinski definition) is 3. The van der Waals surface area contributed by atoms with Gasteiger partial charge in [-0.15, -0.1) is 0 Å². The van der Waals surface area contributed by atoms with Crippen LogP contribution in [0.25, 0.3) is 0 Å². The standard InChI is InChI=1S/C23H29N5O3/c1-18-6-5-7-19(16-18)23(31)24-17-22(30)26-25-21(29)10-11-27-12-14-28(15-13-27)20-8-3-2-4-9-20/h2-9,16H,10-15,17H2,1H3,(H,24,31)(H,25,29)(H,26,30). The van der Waals surface area contributed by atoms with E-state index in [-0.39, 0.29) is 18.4 Å². The number of hydrazine groups is 1. The molecule has 0 radical (unpaired) electrons. The van der Waals surface area contributed by atoms with Crippen LogP contribution in [-0.4, -0.2) is 61.9 Å². The van der Waals surface area contributed by atoms with Crippen LogP contribution < -0.4 is 21.1 Å². The molecule has 2 aromatic rings. The maximum atomic E-state index is 12.0. The Balaban J connectivity index is 1.29. The Morgan fingerprint density at radius 2 is 1.58 bits per heavy atom. The lowest BCUT2D eigenvalue weighted by molar-refractivity contribution is -0.128. The minimum atomic E-state index is -0.481. The summed E-state index contributed by atoms with van der Waals surface area (Å²) in [5, 5.41) is 2.54. The first-order chi connectivity index (χ1) is 15.0. The van der Waals surface area contributed by atoms with E-state index in [0.29, 0.717) is 18.5 Å². The smallest absolute Gasteiger partial charge is 0.257 e. The van der Waals surface area contributed by atoms with E-state index in [4.69, 9.17) is 0 Å². The first-order valence-electron chi connectivity index (χ1n) is 10.5. The van der Waals surface area contributed by atoms with Gasteiger partial charge in [-0.2, -0.15) is 0 Å². The Labute approximate surface area is 182 Å². The van der Waals surface area contributed by atoms with Gasteiger partial charge >= 0.3 is 0 Å². The van der Waals surface area contributed by atoms with Crippen molar-refractivity contribution in [2.75, 3.05) is 44.2 Å². The van der Waals surface area contributed by atoms with Crippen LogP contribution in [0, 0.1) is 6.92 Å². The summed E-state index contributed by atoms with van der Waals surface area (Å²) < 4.78 is 0. The van der Waals surface area contributed by atoms with Crippen molar-refractivity contribution in [1.82, 2.24) is 21.1 Å². The maximum absolute atomic E-state index is 12.0. The molecule has 0 bridgehead atoms. The fraction of sp³-hybridized carbons (Fsp3) is 0.348. The second-order valence-corrected chi connectivity index (χ2v) is 7.56. The summed E-state index contributed by atoms with van der Waals surface area (Å²) in [7, 11) is 0. The first-order valence-corrected chi connectivity index (χ1v) is 10.5. The molecule has 1 aliphatic rings. The van der Waals surface area contributed by atoms with Crippen molar-refractivity contribution in [3.63, 3.8) is 0 Å². The molecule has 2 aromatic carbocycles. The molecule has 1 fully saturated rings. The number of para-hydroxylation sites is 1. The zero-order valence-electron chi connectivity index (χ0n) is 17.8. The maximum Gasteiger partial charge on any atom is 0.257 e. The van der Waals surface area contributed by atoms with Gasteiger partial charge in [0.25, 0.3) is 11.8 Å². The number of carbonyl (C=O) groups excluding carboxylic acids is 3. The highest BCUT2D eigenvalue weighted by molar-refractivity contribution is 5.96. The molecule has 0 aliphatic carbocycles. The van der Waals surface area contributed by atoms with Crippen molar-refractivity contribution in [1.29, 1.82) is 0 Å². The molecule has 3 amide bonds. The van der Waals surface area contributed by atoms with Gasteiger partial charge in [-0.3, -0.25) is 30.1 Å². The van der Waals surface area contributed by atoms with Crippen LogP contribution in [0.3, 0.4) is 0 Å². The van der Waals surface area contributed by atoms with E-state index >= 15 is 0 Å². The van der Waals surface area contributed by atoms with Gasteiger partial charge in [0.15, 0.2) is 0 Å². The Bertz CT molecular complexity index is 895. The van der Waals surface area contributed by atoms with Crippen LogP contribution in [0.1, 0.15) is 22.3 Å². The van der Waals surface area contributed by atoms with Gasteiger partial charge in [0.2, 0.25) is 5.91 Å². The molecule has 0 spiro atoms. The molecule has 8 nitrogen and oxygen atoms in total. The lowest BCUT2D eigenvalue weighted by Gasteiger charge is -2.36. The largest absolute Gasteiger partial charge is 0.369 e. The molecule has 31 heavy (non-hydrogen) atoms. The van der Waals surface area contributed by atoms with Gasteiger partial charge in [0.1, 0.15) is 0 Å². The topological polar surface area (TPSA) is 93.8 Å². The number of nitrogens with one attached hydrogen (secondary N) is 3. The minimum absolute atomic E-state index is 0.214. The summed E-state index contributed by atoms with van der Waals surface area (Å²) in [6.07, 6.45) is 0.293. The summed E-state index contributed by atoms with van der Waals surface area (Å²) in [4.78, 5) is 40.5. The Morgan fingerprint density at radius 3 is 2.29 bits per heavy atom. The van der Waals surface area contributed by atoms with E-state index < -0.39 is 5.91 Å². The van der Waals surface area contributed by atoms with Crippen LogP contribution in [0.5, 0.6) is 0 Å². The second-order valence-electron chi connectivity index (χ2n) is 7.56. The van der Waals surface area contributed by atoms with Gasteiger partial charge in [-0.05, 0) is 31.2 Å². The molecule has 0 saturated carbocycles. The second kappa shape index (κ2) is 11.1. The van der Waals surface area contributed by atoms with Crippen molar-refractivity contribution in [2.24, 2.45) is 0 Å². The predicted molar refractivity (Wildman–Crippen MR) is 120 cm³/mol. The van der Waals surface area contributed by atoms with E-state index in [1.165, 1.54) is 5.69 Å². The third-order valence-corrected chi connectivity index (χ3v) is 5.18. The van der Waals surface area contributed by atoms with Crippen molar-refractivity contribution in [2.45, 2.75) is 13.3 Å². The van der Waals surface area contributed by atoms with E-state index in [0.717, 1.165) is 31.7 Å². The molecule has 8 heteroatoms. The van der Waals surface area contributed by atoms with Gasteiger partial charge < -0.3 is 10.2 Å². The fourth-order valence-electron chi connectivity index (χ4n) is 3.42. The monoisotopic (exact) mass is 423 g/mol. The first kappa shape index (κ1) is 22.3. The molecule has 3 N–H and O–H groups in total. The summed E-state index contributed by atoms with van der Waals surface area (Å²) in [6, 6.07) is 17.4. The number of anilines is 1. The molecule has 1 aliphatic heterocycles. The van der Waals surface area contributed by atoms with Crippen molar-refractivity contribution in [3.05, 3.63) is 65.7 Å². The highest BCUT2D eigenvalue weighted by Gasteiger charge is 2.17. The average molecular weight is 424 g/mol. The minimum Gasteiger partial charge on any atom is -0.369 e. The van der Waals surface area contributed by atoms with Crippen LogP contribution in [0.4, 0.5) is 5.69 Å². The van der Waals surface area contributed by atoms with Crippen molar-refractivity contribution < 1.29 is 14.4 Å². The third kappa shape index (κ3) is 7.11. The molecule has 0 unspecified atom stereocenters. The van der Waals surface area contributed by atoms with Gasteiger partial charge in [-0.1, -0.05) is 35.9 Å². The number of amides is 3. The molecule has 1 saturated heterocycles. The lowest BCUT2D eigenvalue weighted by Crippen LogP contribution is -2.49. The number of piperazine rings is 1. The van der Waals surface area contributed by atoms with Crippen molar-refractivity contribution >= 4 is 23.4 Å². The highest BCUT2D eigenvalue weighted by Crippen LogP contribution is 2.15. The van der Waals surface area contributed by atoms with Gasteiger partial charge in [0, 0.05) is 50.4 Å². The number of aryl methyl sites for hydroxylation is 1. The summed E-state index contributed by atoms with van der Waals surface area (Å²) in [5.41, 5.74) is 7.41. The summed E-state index contributed by atoms with van der Waals surface area (Å²) in [5.74, 6) is -1.07. The van der Waals surface area contributed by atoms with E-state index in [9.17, 15) is 14.4 Å². The molecule has 0 atom stereocenters. The van der Waals surface area contributed by atoms with Crippen LogP contribution in [-0.2, 0) is 9.59 Å². The molecule has 3 rings (SSSR count). The number of hydrogen-bond acceptors (Lipinski definition) is 5. The predicted octanol–water partition coefficient (Wildman–Crippen LogP) is 1.08. The molecule has 0 aromatic heterocycles. The molecule has 164 valence electrons. The molecular formula is C23H29N5O3. The van der Waals surface area contributed by atoms with E-state index in [1.54, 1.807) is 18.2 Å². The third-order valence-electron chi connectivity index (χ3n) is 5.18. The lowest BCUT2D eigenvalue weighted by atomic mass is 10.1. The van der Waals surface area contributed by atoms with Gasteiger partial charge in [-0.25, -0.2) is 0 Å². The van der Waals surface area contributed by atoms with Crippen LogP contribution in [0.15, 0.2) is 54.6 Å². The van der Waals surface area contributed by atoms with Crippen LogP contribution >= 0.6 is 0 Å². The zero-order valence-corrected chi connectivity index (χ0v) is 17.8. The zero-order chi connectivity index (χ0) is 22.1. The Morgan fingerprint density at radius 1 is 0.871 bits per heavy atom. The van der Waals surface area contributed by atoms with Crippen molar-refractivity contribution in [3.8, 4) is 0 Å². The fourth-order valence-corrected chi connectivity index (χ4v) is 3.42. The number of carbonyl (C=O) groups is 3. The Kier molecular flexibility index (Phi) is 8.00. The highest BCUT2D eigenvalue weighted by atomic mass is 16.2. The van der Waals surface area contributed by atoms with E-state index in [1.807, 2.05) is 31.2 Å². The Hall–Kier alpha value is -3.39. The normalized spacial score (nSPS) is 14.0. The molecular weight excluding hydrogens is 394 g/mol. The quantitative estimate of drug-likeness (QED) is 0.580. The number of rotatable bonds is 7. The van der Waals surface area contributed by atoms with E-state index in [2.05, 4.69) is 38.1 Å².